The normalized spacial score (nSPS) is 26.8. The van der Waals surface area contributed by atoms with Crippen molar-refractivity contribution >= 4 is 28.9 Å². The molecule has 0 bridgehead atoms. The summed E-state index contributed by atoms with van der Waals surface area (Å²) in [6.07, 6.45) is -8.05. The van der Waals surface area contributed by atoms with Gasteiger partial charge in [0.05, 0.1) is 5.56 Å². The zero-order valence-electron chi connectivity index (χ0n) is 14.4. The van der Waals surface area contributed by atoms with Gasteiger partial charge in [-0.2, -0.15) is 0 Å². The van der Waals surface area contributed by atoms with Crippen molar-refractivity contribution in [2.24, 2.45) is 5.73 Å². The van der Waals surface area contributed by atoms with Gasteiger partial charge in [-0.3, -0.25) is 9.59 Å². The first kappa shape index (κ1) is 21.4. The number of carbonyl (C=O) groups is 3. The lowest BCUT2D eigenvalue weighted by Crippen LogP contribution is -2.59. The van der Waals surface area contributed by atoms with Crippen LogP contribution in [-0.2, 0) is 9.53 Å². The molecule has 2 aromatic rings. The standard InChI is InChI=1S/C12H9NO2.C6H10O7/c13-12(15)10-6-5-8-3-1-2-4-9(8)11(10)7-14;7-1-2(8)4(5(10)11)13-6(12)3(1)9/h1-7H,(H2,13,15);1-4,6-9,12H,(H,10,11)/t;1-,2-,3+,4-,6+/m.0/s1. The van der Waals surface area contributed by atoms with E-state index in [-0.39, 0.29) is 5.56 Å². The second-order valence-corrected chi connectivity index (χ2v) is 5.99. The summed E-state index contributed by atoms with van der Waals surface area (Å²) < 4.78 is 4.34. The molecule has 1 aliphatic heterocycles. The molecule has 0 saturated carbocycles. The van der Waals surface area contributed by atoms with Crippen molar-refractivity contribution in [2.45, 2.75) is 30.7 Å². The van der Waals surface area contributed by atoms with Crippen LogP contribution in [0, 0.1) is 0 Å². The molecule has 1 amide bonds. The molecule has 1 aliphatic rings. The van der Waals surface area contributed by atoms with E-state index in [9.17, 15) is 14.4 Å². The molecule has 1 saturated heterocycles. The molecule has 0 aromatic heterocycles. The van der Waals surface area contributed by atoms with Gasteiger partial charge in [-0.05, 0) is 16.8 Å². The van der Waals surface area contributed by atoms with Gasteiger partial charge in [0.1, 0.15) is 18.3 Å². The molecule has 0 spiro atoms. The third kappa shape index (κ3) is 4.32. The third-order valence-corrected chi connectivity index (χ3v) is 4.19. The molecule has 1 fully saturated rings. The van der Waals surface area contributed by atoms with Crippen LogP contribution in [0.25, 0.3) is 10.8 Å². The molecule has 3 rings (SSSR count). The fraction of sp³-hybridized carbons (Fsp3) is 0.278. The summed E-state index contributed by atoms with van der Waals surface area (Å²) in [4.78, 5) is 32.4. The second kappa shape index (κ2) is 8.87. The summed E-state index contributed by atoms with van der Waals surface area (Å²) in [5.41, 5.74) is 5.81. The number of carboxylic acids is 1. The van der Waals surface area contributed by atoms with Gasteiger partial charge in [0.2, 0.25) is 5.91 Å². The topological polar surface area (TPSA) is 188 Å². The fourth-order valence-electron chi connectivity index (χ4n) is 2.70. The summed E-state index contributed by atoms with van der Waals surface area (Å²) in [5.74, 6) is -2.10. The zero-order valence-corrected chi connectivity index (χ0v) is 14.4. The Labute approximate surface area is 158 Å². The number of benzene rings is 2. The van der Waals surface area contributed by atoms with E-state index in [0.717, 1.165) is 10.8 Å². The molecule has 7 N–H and O–H groups in total. The Kier molecular flexibility index (Phi) is 6.78. The summed E-state index contributed by atoms with van der Waals surface area (Å²) in [5, 5.41) is 46.0. The van der Waals surface area contributed by atoms with E-state index < -0.39 is 42.6 Å². The maximum atomic E-state index is 11.1. The van der Waals surface area contributed by atoms with Crippen LogP contribution in [0.1, 0.15) is 20.7 Å². The van der Waals surface area contributed by atoms with Gasteiger partial charge in [0.15, 0.2) is 18.7 Å². The van der Waals surface area contributed by atoms with Gasteiger partial charge in [0, 0.05) is 5.56 Å². The van der Waals surface area contributed by atoms with E-state index >= 15 is 0 Å². The van der Waals surface area contributed by atoms with Crippen LogP contribution < -0.4 is 5.73 Å². The quantitative estimate of drug-likeness (QED) is 0.342. The maximum Gasteiger partial charge on any atom is 0.335 e. The molecule has 2 aromatic carbocycles. The van der Waals surface area contributed by atoms with Gasteiger partial charge >= 0.3 is 5.97 Å². The first-order valence-corrected chi connectivity index (χ1v) is 8.06. The highest BCUT2D eigenvalue weighted by Crippen LogP contribution is 2.21. The van der Waals surface area contributed by atoms with E-state index in [1.54, 1.807) is 18.2 Å². The van der Waals surface area contributed by atoms with E-state index in [2.05, 4.69) is 4.74 Å². The Morgan fingerprint density at radius 2 is 1.61 bits per heavy atom. The van der Waals surface area contributed by atoms with Crippen LogP contribution >= 0.6 is 0 Å². The number of rotatable bonds is 3. The van der Waals surface area contributed by atoms with Crippen molar-refractivity contribution in [3.63, 3.8) is 0 Å². The average molecular weight is 393 g/mol. The van der Waals surface area contributed by atoms with Gasteiger partial charge < -0.3 is 36.0 Å². The average Bonchev–Trinajstić information content (AvgIpc) is 2.68. The van der Waals surface area contributed by atoms with Crippen molar-refractivity contribution in [3.8, 4) is 0 Å². The lowest BCUT2D eigenvalue weighted by molar-refractivity contribution is -0.279. The smallest absolute Gasteiger partial charge is 0.335 e. The molecule has 150 valence electrons. The number of hydrogen-bond acceptors (Lipinski definition) is 8. The number of aliphatic hydroxyl groups excluding tert-OH is 4. The number of aliphatic carboxylic acids is 1. The number of aldehydes is 1. The largest absolute Gasteiger partial charge is 0.479 e. The highest BCUT2D eigenvalue weighted by atomic mass is 16.6. The van der Waals surface area contributed by atoms with Crippen molar-refractivity contribution in [3.05, 3.63) is 47.5 Å². The Morgan fingerprint density at radius 1 is 0.964 bits per heavy atom. The minimum Gasteiger partial charge on any atom is -0.479 e. The number of hydrogen-bond donors (Lipinski definition) is 6. The predicted molar refractivity (Wildman–Crippen MR) is 94.4 cm³/mol. The molecule has 0 unspecified atom stereocenters. The lowest BCUT2D eigenvalue weighted by atomic mass is 9.99. The van der Waals surface area contributed by atoms with E-state index in [0.29, 0.717) is 11.8 Å². The molecule has 1 heterocycles. The van der Waals surface area contributed by atoms with Gasteiger partial charge in [0.25, 0.3) is 0 Å². The molecule has 5 atom stereocenters. The highest BCUT2D eigenvalue weighted by molar-refractivity contribution is 6.09. The van der Waals surface area contributed by atoms with Crippen LogP contribution in [-0.4, -0.2) is 74.4 Å². The maximum absolute atomic E-state index is 11.1. The fourth-order valence-corrected chi connectivity index (χ4v) is 2.70. The zero-order chi connectivity index (χ0) is 21.0. The van der Waals surface area contributed by atoms with Crippen LogP contribution in [0.4, 0.5) is 0 Å². The monoisotopic (exact) mass is 393 g/mol. The van der Waals surface area contributed by atoms with Crippen LogP contribution in [0.15, 0.2) is 36.4 Å². The third-order valence-electron chi connectivity index (χ3n) is 4.19. The number of aliphatic hydroxyl groups is 4. The highest BCUT2D eigenvalue weighted by Gasteiger charge is 2.46. The molecule has 28 heavy (non-hydrogen) atoms. The minimum atomic E-state index is -1.81. The molecule has 10 nitrogen and oxygen atoms in total. The van der Waals surface area contributed by atoms with Gasteiger partial charge in [-0.15, -0.1) is 0 Å². The number of amides is 1. The summed E-state index contributed by atoms with van der Waals surface area (Å²) in [6.45, 7) is 0. The SMILES string of the molecule is NC(=O)c1ccc2ccccc2c1C=O.O=C(O)[C@H]1O[C@@H](O)[C@H](O)[C@@H](O)[C@@H]1O. The number of carbonyl (C=O) groups excluding carboxylic acids is 2. The molecular formula is C18H19NO9. The van der Waals surface area contributed by atoms with Gasteiger partial charge in [-0.1, -0.05) is 30.3 Å². The molecular weight excluding hydrogens is 374 g/mol. The second-order valence-electron chi connectivity index (χ2n) is 5.99. The molecule has 0 aliphatic carbocycles. The van der Waals surface area contributed by atoms with E-state index in [1.807, 2.05) is 18.2 Å². The summed E-state index contributed by atoms with van der Waals surface area (Å²) in [6, 6.07) is 10.7. The predicted octanol–water partition coefficient (Wildman–Crippen LogP) is -1.38. The number of fused-ring (bicyclic) bond motifs is 1. The first-order chi connectivity index (χ1) is 13.2. The molecule has 0 radical (unpaired) electrons. The van der Waals surface area contributed by atoms with Crippen LogP contribution in [0.3, 0.4) is 0 Å². The lowest BCUT2D eigenvalue weighted by Gasteiger charge is -2.36. The summed E-state index contributed by atoms with van der Waals surface area (Å²) >= 11 is 0. The van der Waals surface area contributed by atoms with Crippen molar-refractivity contribution in [1.29, 1.82) is 0 Å². The van der Waals surface area contributed by atoms with E-state index in [1.165, 1.54) is 0 Å². The first-order valence-electron chi connectivity index (χ1n) is 8.06. The van der Waals surface area contributed by atoms with Crippen LogP contribution in [0.2, 0.25) is 0 Å². The van der Waals surface area contributed by atoms with Crippen molar-refractivity contribution in [1.82, 2.24) is 0 Å². The Hall–Kier alpha value is -2.89. The number of carboxylic acid groups (broad SMARTS) is 1. The number of nitrogens with two attached hydrogens (primary N) is 1. The van der Waals surface area contributed by atoms with Crippen molar-refractivity contribution in [2.75, 3.05) is 0 Å². The Morgan fingerprint density at radius 3 is 2.18 bits per heavy atom. The minimum absolute atomic E-state index is 0.267. The number of ether oxygens (including phenoxy) is 1. The summed E-state index contributed by atoms with van der Waals surface area (Å²) in [7, 11) is 0. The molecule has 10 heteroatoms. The van der Waals surface area contributed by atoms with Crippen LogP contribution in [0.5, 0.6) is 0 Å². The van der Waals surface area contributed by atoms with E-state index in [4.69, 9.17) is 31.3 Å². The van der Waals surface area contributed by atoms with Gasteiger partial charge in [-0.25, -0.2) is 4.79 Å². The Bertz CT molecular complexity index is 884. The van der Waals surface area contributed by atoms with Crippen molar-refractivity contribution < 1.29 is 44.7 Å². The number of primary amides is 1. The Balaban J connectivity index is 0.000000203.